The van der Waals surface area contributed by atoms with Crippen LogP contribution >= 0.6 is 15.9 Å². The van der Waals surface area contributed by atoms with Crippen molar-refractivity contribution in [3.05, 3.63) is 28.2 Å². The number of rotatable bonds is 3. The lowest BCUT2D eigenvalue weighted by molar-refractivity contribution is -0.147. The van der Waals surface area contributed by atoms with Crippen LogP contribution in [0.5, 0.6) is 0 Å². The molecule has 0 bridgehead atoms. The Morgan fingerprint density at radius 2 is 1.90 bits per heavy atom. The van der Waals surface area contributed by atoms with Crippen LogP contribution in [0.25, 0.3) is 0 Å². The molecule has 5 heteroatoms. The Hall–Kier alpha value is -1.36. The van der Waals surface area contributed by atoms with E-state index >= 15 is 0 Å². The van der Waals surface area contributed by atoms with Crippen LogP contribution < -0.4 is 5.32 Å². The number of carbonyl (C=O) groups excluding carboxylic acids is 1. The number of aryl methyl sites for hydroxylation is 1. The number of amides is 1. The summed E-state index contributed by atoms with van der Waals surface area (Å²) in [6, 6.07) is 5.56. The highest BCUT2D eigenvalue weighted by Gasteiger charge is 2.35. The molecule has 4 nitrogen and oxygen atoms in total. The maximum absolute atomic E-state index is 12.3. The smallest absolute Gasteiger partial charge is 0.307 e. The summed E-state index contributed by atoms with van der Waals surface area (Å²) in [5, 5.41) is 12.1. The molecule has 2 rings (SSSR count). The van der Waals surface area contributed by atoms with Gasteiger partial charge in [0.25, 0.3) is 0 Å². The van der Waals surface area contributed by atoms with E-state index in [0.29, 0.717) is 18.5 Å². The average molecular weight is 340 g/mol. The molecular weight excluding hydrogens is 322 g/mol. The molecule has 0 saturated heterocycles. The molecule has 0 radical (unpaired) electrons. The second-order valence-electron chi connectivity index (χ2n) is 5.29. The predicted molar refractivity (Wildman–Crippen MR) is 80.6 cm³/mol. The van der Waals surface area contributed by atoms with Crippen LogP contribution in [0.2, 0.25) is 0 Å². The Labute approximate surface area is 126 Å². The highest BCUT2D eigenvalue weighted by molar-refractivity contribution is 9.10. The highest BCUT2D eigenvalue weighted by Crippen LogP contribution is 2.31. The minimum Gasteiger partial charge on any atom is -0.481 e. The molecular formula is C15H18BrNO3. The number of hydrogen-bond donors (Lipinski definition) is 2. The summed E-state index contributed by atoms with van der Waals surface area (Å²) >= 11 is 3.41. The molecule has 0 heterocycles. The third kappa shape index (κ3) is 3.39. The zero-order valence-corrected chi connectivity index (χ0v) is 12.9. The van der Waals surface area contributed by atoms with Crippen LogP contribution in [-0.2, 0) is 9.59 Å². The van der Waals surface area contributed by atoms with Gasteiger partial charge >= 0.3 is 5.97 Å². The van der Waals surface area contributed by atoms with Crippen LogP contribution in [-0.4, -0.2) is 17.0 Å². The molecule has 108 valence electrons. The Morgan fingerprint density at radius 3 is 2.50 bits per heavy atom. The van der Waals surface area contributed by atoms with Gasteiger partial charge in [-0.15, -0.1) is 0 Å². The predicted octanol–water partition coefficient (Wildman–Crippen LogP) is 3.59. The van der Waals surface area contributed by atoms with Gasteiger partial charge in [-0.05, 0) is 43.5 Å². The number of anilines is 1. The number of aliphatic carboxylic acids is 1. The van der Waals surface area contributed by atoms with Crippen molar-refractivity contribution in [2.24, 2.45) is 11.8 Å². The summed E-state index contributed by atoms with van der Waals surface area (Å²) in [4.78, 5) is 23.5. The summed E-state index contributed by atoms with van der Waals surface area (Å²) in [6.45, 7) is 1.94. The number of hydrogen-bond acceptors (Lipinski definition) is 2. The van der Waals surface area contributed by atoms with E-state index in [1.165, 1.54) is 0 Å². The normalized spacial score (nSPS) is 22.3. The Morgan fingerprint density at radius 1 is 1.25 bits per heavy atom. The lowest BCUT2D eigenvalue weighted by Crippen LogP contribution is -2.36. The summed E-state index contributed by atoms with van der Waals surface area (Å²) in [7, 11) is 0. The van der Waals surface area contributed by atoms with Crippen molar-refractivity contribution >= 4 is 33.5 Å². The zero-order valence-electron chi connectivity index (χ0n) is 11.4. The van der Waals surface area contributed by atoms with Gasteiger partial charge in [0, 0.05) is 10.2 Å². The first-order chi connectivity index (χ1) is 9.49. The SMILES string of the molecule is Cc1cc(NC(=O)[C@H]2CCCC[C@H]2C(=O)O)ccc1Br. The molecule has 2 atom stereocenters. The Kier molecular flexibility index (Phi) is 4.81. The molecule has 0 spiro atoms. The van der Waals surface area contributed by atoms with Gasteiger partial charge in [0.15, 0.2) is 0 Å². The van der Waals surface area contributed by atoms with Crippen LogP contribution in [0.4, 0.5) is 5.69 Å². The number of carboxylic acid groups (broad SMARTS) is 1. The van der Waals surface area contributed by atoms with Crippen molar-refractivity contribution < 1.29 is 14.7 Å². The van der Waals surface area contributed by atoms with Gasteiger partial charge < -0.3 is 10.4 Å². The van der Waals surface area contributed by atoms with E-state index in [1.807, 2.05) is 25.1 Å². The summed E-state index contributed by atoms with van der Waals surface area (Å²) in [5.41, 5.74) is 1.74. The van der Waals surface area contributed by atoms with Crippen LogP contribution in [0.3, 0.4) is 0 Å². The van der Waals surface area contributed by atoms with Crippen molar-refractivity contribution in [3.63, 3.8) is 0 Å². The Balaban J connectivity index is 2.09. The molecule has 20 heavy (non-hydrogen) atoms. The number of halogens is 1. The van der Waals surface area contributed by atoms with Crippen molar-refractivity contribution in [2.45, 2.75) is 32.6 Å². The molecule has 0 aromatic heterocycles. The van der Waals surface area contributed by atoms with Gasteiger partial charge in [0.2, 0.25) is 5.91 Å². The number of benzene rings is 1. The van der Waals surface area contributed by atoms with E-state index in [1.54, 1.807) is 0 Å². The van der Waals surface area contributed by atoms with Gasteiger partial charge in [0.05, 0.1) is 11.8 Å². The van der Waals surface area contributed by atoms with Gasteiger partial charge in [-0.2, -0.15) is 0 Å². The average Bonchev–Trinajstić information content (AvgIpc) is 2.43. The number of carboxylic acids is 1. The quantitative estimate of drug-likeness (QED) is 0.884. The fraction of sp³-hybridized carbons (Fsp3) is 0.467. The third-order valence-corrected chi connectivity index (χ3v) is 4.74. The highest BCUT2D eigenvalue weighted by atomic mass is 79.9. The lowest BCUT2D eigenvalue weighted by atomic mass is 9.78. The first-order valence-corrected chi connectivity index (χ1v) is 7.58. The van der Waals surface area contributed by atoms with Crippen molar-refractivity contribution in [2.75, 3.05) is 5.32 Å². The van der Waals surface area contributed by atoms with Crippen LogP contribution in [0, 0.1) is 18.8 Å². The molecule has 0 unspecified atom stereocenters. The van der Waals surface area contributed by atoms with E-state index in [9.17, 15) is 14.7 Å². The Bertz CT molecular complexity index is 530. The summed E-state index contributed by atoms with van der Waals surface area (Å²) in [5.74, 6) is -2.03. The van der Waals surface area contributed by atoms with Gasteiger partial charge in [-0.3, -0.25) is 9.59 Å². The lowest BCUT2D eigenvalue weighted by Gasteiger charge is -2.27. The molecule has 1 aromatic carbocycles. The van der Waals surface area contributed by atoms with E-state index in [4.69, 9.17) is 0 Å². The first kappa shape index (κ1) is 15.0. The molecule has 1 fully saturated rings. The van der Waals surface area contributed by atoms with Gasteiger partial charge in [0.1, 0.15) is 0 Å². The number of nitrogens with one attached hydrogen (secondary N) is 1. The molecule has 1 amide bonds. The second kappa shape index (κ2) is 6.39. The molecule has 0 aliphatic heterocycles. The molecule has 1 aromatic rings. The largest absolute Gasteiger partial charge is 0.481 e. The monoisotopic (exact) mass is 339 g/mol. The molecule has 1 aliphatic rings. The minimum atomic E-state index is -0.864. The minimum absolute atomic E-state index is 0.182. The fourth-order valence-corrected chi connectivity index (χ4v) is 2.94. The summed E-state index contributed by atoms with van der Waals surface area (Å²) in [6.07, 6.45) is 3.05. The van der Waals surface area contributed by atoms with Crippen molar-refractivity contribution in [1.29, 1.82) is 0 Å². The maximum atomic E-state index is 12.3. The van der Waals surface area contributed by atoms with Crippen molar-refractivity contribution in [1.82, 2.24) is 0 Å². The third-order valence-electron chi connectivity index (χ3n) is 3.85. The van der Waals surface area contributed by atoms with Crippen molar-refractivity contribution in [3.8, 4) is 0 Å². The van der Waals surface area contributed by atoms with E-state index in [-0.39, 0.29) is 5.91 Å². The number of carbonyl (C=O) groups is 2. The fourth-order valence-electron chi connectivity index (χ4n) is 2.70. The maximum Gasteiger partial charge on any atom is 0.307 e. The topological polar surface area (TPSA) is 66.4 Å². The van der Waals surface area contributed by atoms with Crippen LogP contribution in [0.1, 0.15) is 31.2 Å². The van der Waals surface area contributed by atoms with E-state index in [2.05, 4.69) is 21.2 Å². The summed E-state index contributed by atoms with van der Waals surface area (Å²) < 4.78 is 0.983. The standard InChI is InChI=1S/C15H18BrNO3/c1-9-8-10(6-7-13(9)16)17-14(18)11-4-2-3-5-12(11)15(19)20/h6-8,11-12H,2-5H2,1H3,(H,17,18)(H,19,20)/t11-,12+/m0/s1. The molecule has 1 saturated carbocycles. The zero-order chi connectivity index (χ0) is 14.7. The van der Waals surface area contributed by atoms with Crippen LogP contribution in [0.15, 0.2) is 22.7 Å². The van der Waals surface area contributed by atoms with Gasteiger partial charge in [-0.1, -0.05) is 28.8 Å². The van der Waals surface area contributed by atoms with Gasteiger partial charge in [-0.25, -0.2) is 0 Å². The first-order valence-electron chi connectivity index (χ1n) is 6.79. The second-order valence-corrected chi connectivity index (χ2v) is 6.14. The molecule has 1 aliphatic carbocycles. The molecule has 2 N–H and O–H groups in total. The van der Waals surface area contributed by atoms with E-state index < -0.39 is 17.8 Å². The van der Waals surface area contributed by atoms with E-state index in [0.717, 1.165) is 22.9 Å².